The molecule has 1 amide bonds. The van der Waals surface area contributed by atoms with Gasteiger partial charge in [0, 0.05) is 18.7 Å². The minimum Gasteiger partial charge on any atom is -0.326 e. The molecular formula is C21H20F2N4O. The predicted octanol–water partition coefficient (Wildman–Crippen LogP) is 4.13. The van der Waals surface area contributed by atoms with Crippen molar-refractivity contribution < 1.29 is 13.6 Å². The highest BCUT2D eigenvalue weighted by atomic mass is 19.1. The number of carbonyl (C=O) groups is 1. The number of hydrogen-bond acceptors (Lipinski definition) is 3. The fourth-order valence-electron chi connectivity index (χ4n) is 3.45. The maximum atomic E-state index is 14.5. The topological polar surface area (TPSA) is 59.8 Å². The van der Waals surface area contributed by atoms with Crippen LogP contribution in [0.3, 0.4) is 0 Å². The fourth-order valence-corrected chi connectivity index (χ4v) is 3.45. The average Bonchev–Trinajstić information content (AvgIpc) is 2.93. The number of amides is 1. The van der Waals surface area contributed by atoms with Gasteiger partial charge in [0.25, 0.3) is 0 Å². The summed E-state index contributed by atoms with van der Waals surface area (Å²) in [5, 5.41) is 11.2. The second-order valence-corrected chi connectivity index (χ2v) is 6.95. The zero-order valence-corrected chi connectivity index (χ0v) is 15.3. The van der Waals surface area contributed by atoms with E-state index in [4.69, 9.17) is 0 Å². The average molecular weight is 382 g/mol. The summed E-state index contributed by atoms with van der Waals surface area (Å²) in [6.07, 6.45) is 4.12. The SMILES string of the molecule is O=C(Cc1ccc(F)cc1)Nc1ccc(F)c(-c2nnc3n2CCCCC3)c1. The van der Waals surface area contributed by atoms with E-state index in [1.807, 2.05) is 4.57 Å². The van der Waals surface area contributed by atoms with Crippen LogP contribution in [0.25, 0.3) is 11.4 Å². The first-order chi connectivity index (χ1) is 13.6. The lowest BCUT2D eigenvalue weighted by atomic mass is 10.1. The number of aromatic nitrogens is 3. The molecule has 0 fully saturated rings. The van der Waals surface area contributed by atoms with Crippen molar-refractivity contribution in [1.29, 1.82) is 0 Å². The van der Waals surface area contributed by atoms with Crippen LogP contribution in [0.4, 0.5) is 14.5 Å². The first-order valence-corrected chi connectivity index (χ1v) is 9.36. The zero-order valence-electron chi connectivity index (χ0n) is 15.3. The molecule has 0 atom stereocenters. The third-order valence-corrected chi connectivity index (χ3v) is 4.88. The van der Waals surface area contributed by atoms with Crippen LogP contribution in [0, 0.1) is 11.6 Å². The molecule has 5 nitrogen and oxygen atoms in total. The molecule has 0 spiro atoms. The number of anilines is 1. The molecule has 2 aromatic carbocycles. The van der Waals surface area contributed by atoms with Crippen molar-refractivity contribution >= 4 is 11.6 Å². The summed E-state index contributed by atoms with van der Waals surface area (Å²) in [5.74, 6) is 0.349. The van der Waals surface area contributed by atoms with E-state index in [9.17, 15) is 13.6 Å². The van der Waals surface area contributed by atoms with E-state index in [1.165, 1.54) is 24.3 Å². The van der Waals surface area contributed by atoms with E-state index in [0.29, 0.717) is 22.6 Å². The maximum absolute atomic E-state index is 14.5. The second-order valence-electron chi connectivity index (χ2n) is 6.95. The van der Waals surface area contributed by atoms with Crippen molar-refractivity contribution in [2.24, 2.45) is 0 Å². The van der Waals surface area contributed by atoms with Crippen molar-refractivity contribution in [1.82, 2.24) is 14.8 Å². The third kappa shape index (κ3) is 3.93. The molecule has 0 saturated heterocycles. The Kier molecular flexibility index (Phi) is 5.14. The maximum Gasteiger partial charge on any atom is 0.228 e. The molecule has 144 valence electrons. The second kappa shape index (κ2) is 7.88. The summed E-state index contributed by atoms with van der Waals surface area (Å²) >= 11 is 0. The largest absolute Gasteiger partial charge is 0.326 e. The van der Waals surface area contributed by atoms with E-state index >= 15 is 0 Å². The van der Waals surface area contributed by atoms with Gasteiger partial charge in [0.2, 0.25) is 5.91 Å². The predicted molar refractivity (Wildman–Crippen MR) is 102 cm³/mol. The van der Waals surface area contributed by atoms with E-state index < -0.39 is 5.82 Å². The number of rotatable bonds is 4. The first kappa shape index (κ1) is 18.3. The molecule has 0 radical (unpaired) electrons. The van der Waals surface area contributed by atoms with Gasteiger partial charge >= 0.3 is 0 Å². The number of fused-ring (bicyclic) bond motifs is 1. The van der Waals surface area contributed by atoms with Crippen LogP contribution in [0.15, 0.2) is 42.5 Å². The van der Waals surface area contributed by atoms with Crippen molar-refractivity contribution in [3.63, 3.8) is 0 Å². The number of nitrogens with one attached hydrogen (secondary N) is 1. The van der Waals surface area contributed by atoms with Gasteiger partial charge in [-0.3, -0.25) is 4.79 Å². The standard InChI is InChI=1S/C21H20F2N4O/c22-15-7-5-14(6-8-15)12-20(28)24-16-9-10-18(23)17(13-16)21-26-25-19-4-2-1-3-11-27(19)21/h5-10,13H,1-4,11-12H2,(H,24,28). The van der Waals surface area contributed by atoms with Crippen LogP contribution in [0.1, 0.15) is 30.7 Å². The summed E-state index contributed by atoms with van der Waals surface area (Å²) in [6, 6.07) is 10.2. The lowest BCUT2D eigenvalue weighted by Crippen LogP contribution is -2.14. The number of carbonyl (C=O) groups excluding carboxylic acids is 1. The summed E-state index contributed by atoms with van der Waals surface area (Å²) < 4.78 is 29.4. The first-order valence-electron chi connectivity index (χ1n) is 9.36. The van der Waals surface area contributed by atoms with Gasteiger partial charge in [0.15, 0.2) is 5.82 Å². The summed E-state index contributed by atoms with van der Waals surface area (Å²) in [6.45, 7) is 0.762. The molecule has 2 heterocycles. The van der Waals surface area contributed by atoms with Gasteiger partial charge in [-0.15, -0.1) is 10.2 Å². The molecule has 7 heteroatoms. The third-order valence-electron chi connectivity index (χ3n) is 4.88. The van der Waals surface area contributed by atoms with Crippen LogP contribution in [-0.2, 0) is 24.2 Å². The van der Waals surface area contributed by atoms with E-state index in [0.717, 1.165) is 38.1 Å². The molecule has 0 bridgehead atoms. The molecule has 0 saturated carbocycles. The van der Waals surface area contributed by atoms with Crippen LogP contribution < -0.4 is 5.32 Å². The highest BCUT2D eigenvalue weighted by Crippen LogP contribution is 2.27. The van der Waals surface area contributed by atoms with Crippen molar-refractivity contribution in [2.45, 2.75) is 38.6 Å². The highest BCUT2D eigenvalue weighted by molar-refractivity contribution is 5.92. The van der Waals surface area contributed by atoms with Gasteiger partial charge in [0.1, 0.15) is 17.5 Å². The van der Waals surface area contributed by atoms with Gasteiger partial charge in [0.05, 0.1) is 12.0 Å². The van der Waals surface area contributed by atoms with Crippen LogP contribution in [-0.4, -0.2) is 20.7 Å². The minimum absolute atomic E-state index is 0.104. The summed E-state index contributed by atoms with van der Waals surface area (Å²) in [7, 11) is 0. The number of aryl methyl sites for hydroxylation is 1. The van der Waals surface area contributed by atoms with Crippen LogP contribution in [0.5, 0.6) is 0 Å². The van der Waals surface area contributed by atoms with Crippen LogP contribution >= 0.6 is 0 Å². The van der Waals surface area contributed by atoms with Gasteiger partial charge in [-0.2, -0.15) is 0 Å². The molecule has 0 unspecified atom stereocenters. The van der Waals surface area contributed by atoms with E-state index in [-0.39, 0.29) is 18.1 Å². The molecule has 3 aromatic rings. The molecule has 0 aliphatic carbocycles. The normalized spacial score (nSPS) is 13.6. The summed E-state index contributed by atoms with van der Waals surface area (Å²) in [4.78, 5) is 12.3. The van der Waals surface area contributed by atoms with Gasteiger partial charge in [-0.1, -0.05) is 18.6 Å². The highest BCUT2D eigenvalue weighted by Gasteiger charge is 2.19. The Morgan fingerprint density at radius 2 is 1.86 bits per heavy atom. The van der Waals surface area contributed by atoms with Crippen LogP contribution in [0.2, 0.25) is 0 Å². The molecule has 1 N–H and O–H groups in total. The van der Waals surface area contributed by atoms with Gasteiger partial charge < -0.3 is 9.88 Å². The lowest BCUT2D eigenvalue weighted by Gasteiger charge is -2.10. The molecule has 28 heavy (non-hydrogen) atoms. The van der Waals surface area contributed by atoms with Crippen molar-refractivity contribution in [3.8, 4) is 11.4 Å². The monoisotopic (exact) mass is 382 g/mol. The molecule has 1 aromatic heterocycles. The fraction of sp³-hybridized carbons (Fsp3) is 0.286. The van der Waals surface area contributed by atoms with E-state index in [1.54, 1.807) is 18.2 Å². The Morgan fingerprint density at radius 1 is 1.04 bits per heavy atom. The number of benzene rings is 2. The zero-order chi connectivity index (χ0) is 19.5. The molecular weight excluding hydrogens is 362 g/mol. The van der Waals surface area contributed by atoms with E-state index in [2.05, 4.69) is 15.5 Å². The number of hydrogen-bond donors (Lipinski definition) is 1. The molecule has 1 aliphatic heterocycles. The Hall–Kier alpha value is -3.09. The number of nitrogens with zero attached hydrogens (tertiary/aromatic N) is 3. The smallest absolute Gasteiger partial charge is 0.228 e. The minimum atomic E-state index is -0.406. The van der Waals surface area contributed by atoms with Gasteiger partial charge in [-0.25, -0.2) is 8.78 Å². The molecule has 1 aliphatic rings. The van der Waals surface area contributed by atoms with Gasteiger partial charge in [-0.05, 0) is 48.7 Å². The molecule has 4 rings (SSSR count). The Balaban J connectivity index is 1.55. The number of halogens is 2. The quantitative estimate of drug-likeness (QED) is 0.738. The lowest BCUT2D eigenvalue weighted by molar-refractivity contribution is -0.115. The van der Waals surface area contributed by atoms with Crippen molar-refractivity contribution in [3.05, 3.63) is 65.5 Å². The summed E-state index contributed by atoms with van der Waals surface area (Å²) in [5.41, 5.74) is 1.50. The Morgan fingerprint density at radius 3 is 2.68 bits per heavy atom. The Bertz CT molecular complexity index is 998. The Labute approximate surface area is 161 Å². The van der Waals surface area contributed by atoms with Crippen molar-refractivity contribution in [2.75, 3.05) is 5.32 Å².